The van der Waals surface area contributed by atoms with Crippen LogP contribution in [0.3, 0.4) is 0 Å². The molecule has 122 valence electrons. The molecule has 1 aromatic carbocycles. The molecule has 0 unspecified atom stereocenters. The minimum atomic E-state index is 0.0585. The maximum atomic E-state index is 12.0. The molecule has 0 bridgehead atoms. The molecule has 0 saturated heterocycles. The summed E-state index contributed by atoms with van der Waals surface area (Å²) >= 11 is 5.86. The highest BCUT2D eigenvalue weighted by atomic mass is 35.5. The van der Waals surface area contributed by atoms with Gasteiger partial charge in [0.05, 0.1) is 0 Å². The first-order valence-corrected chi connectivity index (χ1v) is 8.46. The number of aryl methyl sites for hydroxylation is 1. The Hall–Kier alpha value is -1.88. The van der Waals surface area contributed by atoms with Gasteiger partial charge in [-0.3, -0.25) is 4.79 Å². The van der Waals surface area contributed by atoms with Gasteiger partial charge >= 0.3 is 0 Å². The van der Waals surface area contributed by atoms with E-state index in [-0.39, 0.29) is 5.91 Å². The molecule has 1 heterocycles. The van der Waals surface area contributed by atoms with Gasteiger partial charge in [-0.05, 0) is 37.1 Å². The zero-order chi connectivity index (χ0) is 16.1. The normalized spacial score (nSPS) is 15.5. The van der Waals surface area contributed by atoms with E-state index < -0.39 is 0 Å². The van der Waals surface area contributed by atoms with E-state index in [1.807, 2.05) is 12.1 Å². The molecule has 23 heavy (non-hydrogen) atoms. The van der Waals surface area contributed by atoms with Crippen molar-refractivity contribution < 1.29 is 9.21 Å². The number of halogens is 1. The molecule has 0 aliphatic heterocycles. The third kappa shape index (κ3) is 4.55. The second-order valence-corrected chi connectivity index (χ2v) is 6.35. The number of nitrogens with zero attached hydrogens (tertiary/aromatic N) is 2. The maximum Gasteiger partial charge on any atom is 0.247 e. The zero-order valence-corrected chi connectivity index (χ0v) is 13.7. The van der Waals surface area contributed by atoms with Crippen molar-refractivity contribution in [2.24, 2.45) is 0 Å². The van der Waals surface area contributed by atoms with Crippen LogP contribution in [0.4, 0.5) is 0 Å². The Morgan fingerprint density at radius 3 is 2.65 bits per heavy atom. The monoisotopic (exact) mass is 333 g/mol. The van der Waals surface area contributed by atoms with E-state index in [1.54, 1.807) is 12.1 Å². The van der Waals surface area contributed by atoms with Crippen molar-refractivity contribution in [1.29, 1.82) is 0 Å². The number of hydrogen-bond acceptors (Lipinski definition) is 4. The molecular weight excluding hydrogens is 314 g/mol. The average Bonchev–Trinajstić information content (AvgIpc) is 3.04. The summed E-state index contributed by atoms with van der Waals surface area (Å²) in [6, 6.07) is 7.55. The predicted octanol–water partition coefficient (Wildman–Crippen LogP) is 3.77. The summed E-state index contributed by atoms with van der Waals surface area (Å²) in [7, 11) is 0. The molecule has 0 radical (unpaired) electrons. The van der Waals surface area contributed by atoms with Gasteiger partial charge in [-0.1, -0.05) is 30.9 Å². The molecular formula is C17H20ClN3O2. The Labute approximate surface area is 140 Å². The lowest BCUT2D eigenvalue weighted by molar-refractivity contribution is -0.122. The molecule has 3 rings (SSSR count). The van der Waals surface area contributed by atoms with Crippen molar-refractivity contribution in [3.05, 3.63) is 35.2 Å². The van der Waals surface area contributed by atoms with Gasteiger partial charge in [0.25, 0.3) is 0 Å². The van der Waals surface area contributed by atoms with Gasteiger partial charge in [-0.25, -0.2) is 0 Å². The van der Waals surface area contributed by atoms with Gasteiger partial charge in [0, 0.05) is 29.5 Å². The summed E-state index contributed by atoms with van der Waals surface area (Å²) in [6.07, 6.45) is 6.71. The van der Waals surface area contributed by atoms with Crippen molar-refractivity contribution in [3.63, 3.8) is 0 Å². The van der Waals surface area contributed by atoms with E-state index in [4.69, 9.17) is 16.0 Å². The quantitative estimate of drug-likeness (QED) is 0.904. The first kappa shape index (κ1) is 16.0. The Morgan fingerprint density at radius 1 is 1.17 bits per heavy atom. The fraction of sp³-hybridized carbons (Fsp3) is 0.471. The number of carbonyl (C=O) groups is 1. The van der Waals surface area contributed by atoms with Crippen molar-refractivity contribution in [1.82, 2.24) is 15.5 Å². The summed E-state index contributed by atoms with van der Waals surface area (Å²) < 4.78 is 5.60. The van der Waals surface area contributed by atoms with E-state index in [0.717, 1.165) is 18.4 Å². The SMILES string of the molecule is O=C(CCc1nnc(-c2ccc(Cl)cc2)o1)NC1CCCCC1. The summed E-state index contributed by atoms with van der Waals surface area (Å²) in [5.41, 5.74) is 0.819. The molecule has 5 nitrogen and oxygen atoms in total. The molecule has 0 spiro atoms. The number of carbonyl (C=O) groups excluding carboxylic acids is 1. The number of amides is 1. The van der Waals surface area contributed by atoms with E-state index >= 15 is 0 Å². The van der Waals surface area contributed by atoms with Crippen molar-refractivity contribution in [2.45, 2.75) is 51.0 Å². The molecule has 1 fully saturated rings. The minimum absolute atomic E-state index is 0.0585. The highest BCUT2D eigenvalue weighted by Crippen LogP contribution is 2.21. The molecule has 1 amide bonds. The van der Waals surface area contributed by atoms with Crippen LogP contribution in [-0.2, 0) is 11.2 Å². The van der Waals surface area contributed by atoms with E-state index in [1.165, 1.54) is 19.3 Å². The smallest absolute Gasteiger partial charge is 0.247 e. The number of aromatic nitrogens is 2. The van der Waals surface area contributed by atoms with Gasteiger partial charge in [0.15, 0.2) is 0 Å². The molecule has 1 saturated carbocycles. The summed E-state index contributed by atoms with van der Waals surface area (Å²) in [6.45, 7) is 0. The van der Waals surface area contributed by atoms with Crippen LogP contribution in [0.1, 0.15) is 44.4 Å². The Balaban J connectivity index is 1.50. The average molecular weight is 334 g/mol. The third-order valence-corrected chi connectivity index (χ3v) is 4.35. The fourth-order valence-electron chi connectivity index (χ4n) is 2.83. The van der Waals surface area contributed by atoms with Gasteiger partial charge < -0.3 is 9.73 Å². The largest absolute Gasteiger partial charge is 0.421 e. The highest BCUT2D eigenvalue weighted by Gasteiger charge is 2.16. The van der Waals surface area contributed by atoms with E-state index in [2.05, 4.69) is 15.5 Å². The number of rotatable bonds is 5. The van der Waals surface area contributed by atoms with Crippen LogP contribution in [0.2, 0.25) is 5.02 Å². The topological polar surface area (TPSA) is 68.0 Å². The first-order chi connectivity index (χ1) is 11.2. The van der Waals surface area contributed by atoms with Crippen LogP contribution in [0, 0.1) is 0 Å². The fourth-order valence-corrected chi connectivity index (χ4v) is 2.96. The standard InChI is InChI=1S/C17H20ClN3O2/c18-13-8-6-12(7-9-13)17-21-20-16(23-17)11-10-15(22)19-14-4-2-1-3-5-14/h6-9,14H,1-5,10-11H2,(H,19,22). The first-order valence-electron chi connectivity index (χ1n) is 8.08. The number of nitrogens with one attached hydrogen (secondary N) is 1. The van der Waals surface area contributed by atoms with Crippen molar-refractivity contribution >= 4 is 17.5 Å². The second-order valence-electron chi connectivity index (χ2n) is 5.91. The van der Waals surface area contributed by atoms with Crippen molar-refractivity contribution in [2.75, 3.05) is 0 Å². The minimum Gasteiger partial charge on any atom is -0.421 e. The van der Waals surface area contributed by atoms with Gasteiger partial charge in [0.2, 0.25) is 17.7 Å². The van der Waals surface area contributed by atoms with Crippen LogP contribution in [0.5, 0.6) is 0 Å². The van der Waals surface area contributed by atoms with Crippen molar-refractivity contribution in [3.8, 4) is 11.5 Å². The molecule has 0 atom stereocenters. The van der Waals surface area contributed by atoms with Crippen LogP contribution >= 0.6 is 11.6 Å². The Bertz CT molecular complexity index is 648. The predicted molar refractivity (Wildman–Crippen MR) is 88.1 cm³/mol. The molecule has 6 heteroatoms. The van der Waals surface area contributed by atoms with Gasteiger partial charge in [-0.15, -0.1) is 10.2 Å². The second kappa shape index (κ2) is 7.59. The number of benzene rings is 1. The molecule has 1 N–H and O–H groups in total. The lowest BCUT2D eigenvalue weighted by atomic mass is 9.95. The van der Waals surface area contributed by atoms with E-state index in [9.17, 15) is 4.79 Å². The van der Waals surface area contributed by atoms with Crippen LogP contribution in [0.15, 0.2) is 28.7 Å². The summed E-state index contributed by atoms with van der Waals surface area (Å²) in [5, 5.41) is 11.8. The lowest BCUT2D eigenvalue weighted by Crippen LogP contribution is -2.36. The third-order valence-electron chi connectivity index (χ3n) is 4.09. The Morgan fingerprint density at radius 2 is 1.91 bits per heavy atom. The van der Waals surface area contributed by atoms with Gasteiger partial charge in [0.1, 0.15) is 0 Å². The zero-order valence-electron chi connectivity index (χ0n) is 12.9. The summed E-state index contributed by atoms with van der Waals surface area (Å²) in [4.78, 5) is 12.0. The van der Waals surface area contributed by atoms with E-state index in [0.29, 0.717) is 35.7 Å². The maximum absolute atomic E-state index is 12.0. The van der Waals surface area contributed by atoms with Gasteiger partial charge in [-0.2, -0.15) is 0 Å². The molecule has 2 aromatic rings. The number of hydrogen-bond donors (Lipinski definition) is 1. The molecule has 1 aliphatic rings. The van der Waals surface area contributed by atoms with Crippen LogP contribution < -0.4 is 5.32 Å². The summed E-state index contributed by atoms with van der Waals surface area (Å²) in [5.74, 6) is 0.987. The molecule has 1 aliphatic carbocycles. The van der Waals surface area contributed by atoms with Crippen LogP contribution in [-0.4, -0.2) is 22.1 Å². The highest BCUT2D eigenvalue weighted by molar-refractivity contribution is 6.30. The van der Waals surface area contributed by atoms with Crippen LogP contribution in [0.25, 0.3) is 11.5 Å². The lowest BCUT2D eigenvalue weighted by Gasteiger charge is -2.22. The Kier molecular flexibility index (Phi) is 5.28. The molecule has 1 aromatic heterocycles.